The largest absolute Gasteiger partial charge is 0.507 e. The summed E-state index contributed by atoms with van der Waals surface area (Å²) in [5, 5.41) is 21.4. The van der Waals surface area contributed by atoms with Crippen LogP contribution in [0.5, 0.6) is 11.5 Å². The Kier molecular flexibility index (Phi) is 5.60. The van der Waals surface area contributed by atoms with Crippen molar-refractivity contribution < 1.29 is 14.6 Å². The molecule has 6 heteroatoms. The average Bonchev–Trinajstić information content (AvgIpc) is 2.55. The molecule has 23 heavy (non-hydrogen) atoms. The zero-order valence-electron chi connectivity index (χ0n) is 12.2. The maximum Gasteiger partial charge on any atom is 0.266 e. The van der Waals surface area contributed by atoms with Gasteiger partial charge in [-0.15, -0.1) is 0 Å². The number of halogens is 1. The summed E-state index contributed by atoms with van der Waals surface area (Å²) < 4.78 is 5.73. The number of amides is 1. The summed E-state index contributed by atoms with van der Waals surface area (Å²) in [6.07, 6.45) is 1.47. The predicted molar refractivity (Wildman–Crippen MR) is 96.0 cm³/mol. The van der Waals surface area contributed by atoms with E-state index in [1.165, 1.54) is 19.3 Å². The molecule has 0 heterocycles. The third kappa shape index (κ3) is 4.47. The van der Waals surface area contributed by atoms with E-state index in [0.717, 1.165) is 0 Å². The van der Waals surface area contributed by atoms with Crippen LogP contribution < -0.4 is 10.1 Å². The lowest BCUT2D eigenvalue weighted by molar-refractivity contribution is -0.112. The molecular weight excluding hydrogens is 407 g/mol. The molecule has 0 saturated heterocycles. The smallest absolute Gasteiger partial charge is 0.266 e. The molecule has 116 valence electrons. The van der Waals surface area contributed by atoms with Gasteiger partial charge in [-0.25, -0.2) is 0 Å². The summed E-state index contributed by atoms with van der Waals surface area (Å²) in [5.74, 6) is 0.254. The van der Waals surface area contributed by atoms with E-state index in [-0.39, 0.29) is 11.3 Å². The zero-order valence-corrected chi connectivity index (χ0v) is 14.4. The summed E-state index contributed by atoms with van der Waals surface area (Å²) in [7, 11) is 1.54. The van der Waals surface area contributed by atoms with Gasteiger partial charge in [0.2, 0.25) is 0 Å². The van der Waals surface area contributed by atoms with Crippen LogP contribution in [0.25, 0.3) is 6.08 Å². The SMILES string of the molecule is COc1cccc(NC(=O)C(C#N)=Cc2ccc(O)c(I)c2)c1. The standard InChI is InChI=1S/C17H13IN2O3/c1-23-14-4-2-3-13(9-14)20-17(22)12(10-19)7-11-5-6-16(21)15(18)8-11/h2-9,21H,1H3,(H,20,22). The van der Waals surface area contributed by atoms with Gasteiger partial charge in [-0.3, -0.25) is 4.79 Å². The number of carbonyl (C=O) groups excluding carboxylic acids is 1. The maximum atomic E-state index is 12.2. The molecule has 0 atom stereocenters. The molecule has 0 unspecified atom stereocenters. The lowest BCUT2D eigenvalue weighted by Crippen LogP contribution is -2.13. The van der Waals surface area contributed by atoms with E-state index in [1.54, 1.807) is 36.4 Å². The van der Waals surface area contributed by atoms with Crippen molar-refractivity contribution in [2.75, 3.05) is 12.4 Å². The van der Waals surface area contributed by atoms with Crippen LogP contribution in [0, 0.1) is 14.9 Å². The second-order valence-corrected chi connectivity index (χ2v) is 5.73. The third-order valence-corrected chi connectivity index (χ3v) is 3.84. The predicted octanol–water partition coefficient (Wildman–Crippen LogP) is 3.55. The first-order valence-corrected chi connectivity index (χ1v) is 7.67. The number of benzene rings is 2. The fourth-order valence-electron chi connectivity index (χ4n) is 1.83. The van der Waals surface area contributed by atoms with Crippen LogP contribution in [-0.2, 0) is 4.79 Å². The lowest BCUT2D eigenvalue weighted by Gasteiger charge is -2.06. The maximum absolute atomic E-state index is 12.2. The number of hydrogen-bond acceptors (Lipinski definition) is 4. The van der Waals surface area contributed by atoms with Crippen molar-refractivity contribution in [2.24, 2.45) is 0 Å². The first-order chi connectivity index (χ1) is 11.0. The third-order valence-electron chi connectivity index (χ3n) is 2.98. The highest BCUT2D eigenvalue weighted by atomic mass is 127. The molecule has 5 nitrogen and oxygen atoms in total. The number of anilines is 1. The van der Waals surface area contributed by atoms with Crippen LogP contribution in [0.15, 0.2) is 48.0 Å². The number of phenols is 1. The number of nitriles is 1. The minimum atomic E-state index is -0.510. The van der Waals surface area contributed by atoms with Gasteiger partial charge in [-0.05, 0) is 58.5 Å². The number of nitrogens with zero attached hydrogens (tertiary/aromatic N) is 1. The number of ether oxygens (including phenoxy) is 1. The Balaban J connectivity index is 2.22. The Labute approximate surface area is 147 Å². The van der Waals surface area contributed by atoms with Gasteiger partial charge in [0.25, 0.3) is 5.91 Å². The normalized spacial score (nSPS) is 10.7. The van der Waals surface area contributed by atoms with Crippen LogP contribution in [0.4, 0.5) is 5.69 Å². The molecule has 2 aromatic carbocycles. The summed E-state index contributed by atoms with van der Waals surface area (Å²) in [4.78, 5) is 12.2. The molecule has 0 fully saturated rings. The lowest BCUT2D eigenvalue weighted by atomic mass is 10.1. The number of carbonyl (C=O) groups is 1. The van der Waals surface area contributed by atoms with Crippen molar-refractivity contribution in [3.8, 4) is 17.6 Å². The van der Waals surface area contributed by atoms with Crippen molar-refractivity contribution in [3.63, 3.8) is 0 Å². The number of rotatable bonds is 4. The molecule has 0 aromatic heterocycles. The number of nitrogens with one attached hydrogen (secondary N) is 1. The molecule has 0 radical (unpaired) electrons. The first kappa shape index (κ1) is 16.8. The molecule has 0 aliphatic carbocycles. The van der Waals surface area contributed by atoms with E-state index in [2.05, 4.69) is 5.32 Å². The van der Waals surface area contributed by atoms with Crippen LogP contribution in [0.2, 0.25) is 0 Å². The second kappa shape index (κ2) is 7.65. The van der Waals surface area contributed by atoms with Gasteiger partial charge in [0.15, 0.2) is 0 Å². The Morgan fingerprint density at radius 2 is 2.13 bits per heavy atom. The summed E-state index contributed by atoms with van der Waals surface area (Å²) >= 11 is 1.98. The minimum Gasteiger partial charge on any atom is -0.507 e. The second-order valence-electron chi connectivity index (χ2n) is 4.57. The van der Waals surface area contributed by atoms with Gasteiger partial charge in [-0.2, -0.15) is 5.26 Å². The van der Waals surface area contributed by atoms with Gasteiger partial charge in [-0.1, -0.05) is 12.1 Å². The van der Waals surface area contributed by atoms with Crippen LogP contribution >= 0.6 is 22.6 Å². The molecule has 2 aromatic rings. The fourth-order valence-corrected chi connectivity index (χ4v) is 2.37. The van der Waals surface area contributed by atoms with Crippen LogP contribution in [-0.4, -0.2) is 18.1 Å². The van der Waals surface area contributed by atoms with Gasteiger partial charge < -0.3 is 15.2 Å². The van der Waals surface area contributed by atoms with Crippen molar-refractivity contribution in [1.82, 2.24) is 0 Å². The topological polar surface area (TPSA) is 82.3 Å². The molecule has 0 aliphatic rings. The van der Waals surface area contributed by atoms with Crippen LogP contribution in [0.3, 0.4) is 0 Å². The molecule has 2 rings (SSSR count). The Morgan fingerprint density at radius 3 is 2.78 bits per heavy atom. The monoisotopic (exact) mass is 420 g/mol. The van der Waals surface area contributed by atoms with Gasteiger partial charge >= 0.3 is 0 Å². The van der Waals surface area contributed by atoms with Gasteiger partial charge in [0, 0.05) is 11.8 Å². The highest BCUT2D eigenvalue weighted by molar-refractivity contribution is 14.1. The molecular formula is C17H13IN2O3. The highest BCUT2D eigenvalue weighted by Crippen LogP contribution is 2.22. The summed E-state index contributed by atoms with van der Waals surface area (Å²) in [5.41, 5.74) is 1.16. The van der Waals surface area contributed by atoms with Crippen molar-refractivity contribution >= 4 is 40.3 Å². The van der Waals surface area contributed by atoms with Gasteiger partial charge in [0.1, 0.15) is 23.1 Å². The van der Waals surface area contributed by atoms with E-state index in [1.807, 2.05) is 28.7 Å². The molecule has 2 N–H and O–H groups in total. The van der Waals surface area contributed by atoms with E-state index in [0.29, 0.717) is 20.6 Å². The number of aromatic hydroxyl groups is 1. The van der Waals surface area contributed by atoms with Crippen molar-refractivity contribution in [3.05, 3.63) is 57.2 Å². The van der Waals surface area contributed by atoms with Crippen molar-refractivity contribution in [1.29, 1.82) is 5.26 Å². The number of phenolic OH excluding ortho intramolecular Hbond substituents is 1. The minimum absolute atomic E-state index is 0.0330. The quantitative estimate of drug-likeness (QED) is 0.450. The Bertz CT molecular complexity index is 810. The van der Waals surface area contributed by atoms with E-state index in [4.69, 9.17) is 4.74 Å². The van der Waals surface area contributed by atoms with E-state index in [9.17, 15) is 15.2 Å². The fraction of sp³-hybridized carbons (Fsp3) is 0.0588. The molecule has 0 bridgehead atoms. The zero-order chi connectivity index (χ0) is 16.8. The molecule has 0 saturated carbocycles. The van der Waals surface area contributed by atoms with Crippen LogP contribution in [0.1, 0.15) is 5.56 Å². The summed E-state index contributed by atoms with van der Waals surface area (Å²) in [6.45, 7) is 0. The number of methoxy groups -OCH3 is 1. The molecule has 1 amide bonds. The first-order valence-electron chi connectivity index (χ1n) is 6.59. The molecule has 0 spiro atoms. The average molecular weight is 420 g/mol. The highest BCUT2D eigenvalue weighted by Gasteiger charge is 2.10. The Hall–Kier alpha value is -2.53. The van der Waals surface area contributed by atoms with E-state index >= 15 is 0 Å². The van der Waals surface area contributed by atoms with E-state index < -0.39 is 5.91 Å². The van der Waals surface area contributed by atoms with Gasteiger partial charge in [0.05, 0.1) is 10.7 Å². The van der Waals surface area contributed by atoms with Crippen molar-refractivity contribution in [2.45, 2.75) is 0 Å². The number of hydrogen-bond donors (Lipinski definition) is 2. The Morgan fingerprint density at radius 1 is 1.35 bits per heavy atom. The molecule has 0 aliphatic heterocycles. The summed E-state index contributed by atoms with van der Waals surface area (Å²) in [6, 6.07) is 13.6.